The summed E-state index contributed by atoms with van der Waals surface area (Å²) in [7, 11) is -3.60. The molecule has 9 heteroatoms. The quantitative estimate of drug-likeness (QED) is 0.604. The molecule has 0 bridgehead atoms. The Labute approximate surface area is 185 Å². The summed E-state index contributed by atoms with van der Waals surface area (Å²) >= 11 is 0. The van der Waals surface area contributed by atoms with Crippen LogP contribution in [-0.2, 0) is 15.4 Å². The van der Waals surface area contributed by atoms with Crippen LogP contribution >= 0.6 is 0 Å². The third-order valence-electron chi connectivity index (χ3n) is 5.42. The Balaban J connectivity index is 1.91. The summed E-state index contributed by atoms with van der Waals surface area (Å²) in [5, 5.41) is 2.85. The van der Waals surface area contributed by atoms with Crippen molar-refractivity contribution in [3.8, 4) is 22.6 Å². The molecule has 1 aromatic heterocycles. The van der Waals surface area contributed by atoms with Crippen molar-refractivity contribution in [2.24, 2.45) is 0 Å². The fraction of sp³-hybridized carbons (Fsp3) is 0.304. The monoisotopic (exact) mass is 456 g/mol. The van der Waals surface area contributed by atoms with Gasteiger partial charge in [0.15, 0.2) is 27.1 Å². The zero-order valence-corrected chi connectivity index (χ0v) is 19.3. The van der Waals surface area contributed by atoms with Crippen LogP contribution in [0.4, 0.5) is 0 Å². The molecule has 0 spiro atoms. The van der Waals surface area contributed by atoms with Crippen LogP contribution < -0.4 is 15.0 Å². The largest absolute Gasteiger partial charge is 0.454 e. The lowest BCUT2D eigenvalue weighted by Gasteiger charge is -2.18. The highest BCUT2D eigenvalue weighted by atomic mass is 32.2. The minimum Gasteiger partial charge on any atom is -0.454 e. The fourth-order valence-electron chi connectivity index (χ4n) is 3.83. The van der Waals surface area contributed by atoms with Crippen LogP contribution in [0.25, 0.3) is 11.1 Å². The molecule has 0 amide bonds. The van der Waals surface area contributed by atoms with Crippen LogP contribution in [0.2, 0.25) is 0 Å². The number of ether oxygens (including phenoxy) is 2. The lowest BCUT2D eigenvalue weighted by Crippen LogP contribution is -2.34. The number of aromatic nitrogens is 2. The molecular formula is C23H24N2O6S. The number of hydrogen-bond acceptors (Lipinski definition) is 6. The van der Waals surface area contributed by atoms with Crippen molar-refractivity contribution in [2.75, 3.05) is 13.0 Å². The van der Waals surface area contributed by atoms with Crippen LogP contribution in [0, 0.1) is 6.92 Å². The minimum absolute atomic E-state index is 0.00762. The van der Waals surface area contributed by atoms with Crippen molar-refractivity contribution in [3.05, 3.63) is 63.6 Å². The molecule has 8 nitrogen and oxygen atoms in total. The van der Waals surface area contributed by atoms with Crippen molar-refractivity contribution >= 4 is 15.6 Å². The summed E-state index contributed by atoms with van der Waals surface area (Å²) in [6, 6.07) is 7.98. The number of nitrogens with zero attached hydrogens (tertiary/aromatic N) is 1. The lowest BCUT2D eigenvalue weighted by molar-refractivity contribution is 0.103. The van der Waals surface area contributed by atoms with Gasteiger partial charge in [-0.2, -0.15) is 0 Å². The van der Waals surface area contributed by atoms with E-state index >= 15 is 0 Å². The summed E-state index contributed by atoms with van der Waals surface area (Å²) in [6.07, 6.45) is 2.51. The molecule has 0 aliphatic carbocycles. The van der Waals surface area contributed by atoms with Crippen LogP contribution in [0.5, 0.6) is 11.5 Å². The van der Waals surface area contributed by atoms with Crippen molar-refractivity contribution in [1.29, 1.82) is 0 Å². The molecule has 2 heterocycles. The molecular weight excluding hydrogens is 432 g/mol. The molecule has 32 heavy (non-hydrogen) atoms. The van der Waals surface area contributed by atoms with Crippen LogP contribution in [0.15, 0.2) is 46.2 Å². The van der Waals surface area contributed by atoms with E-state index in [9.17, 15) is 18.0 Å². The van der Waals surface area contributed by atoms with E-state index in [2.05, 4.69) is 5.10 Å². The van der Waals surface area contributed by atoms with Gasteiger partial charge in [0.1, 0.15) is 5.56 Å². The predicted molar refractivity (Wildman–Crippen MR) is 119 cm³/mol. The number of fused-ring (bicyclic) bond motifs is 1. The number of rotatable bonds is 4. The summed E-state index contributed by atoms with van der Waals surface area (Å²) in [5.41, 5.74) is 0.710. The standard InChI is InChI=1S/C23H24N2O6S/c1-13-15(21(26)16-11-24-25(22(16)27)23(2,3)4)7-9-19(32(5,28)29)20(13)14-6-8-17-18(10-14)31-12-30-17/h6-11,24H,12H2,1-5H3. The average Bonchev–Trinajstić information content (AvgIpc) is 3.31. The molecule has 0 saturated heterocycles. The van der Waals surface area contributed by atoms with E-state index in [0.717, 1.165) is 6.26 Å². The second-order valence-corrected chi connectivity index (χ2v) is 10.8. The number of benzene rings is 2. The Morgan fingerprint density at radius 1 is 1.06 bits per heavy atom. The molecule has 2 aromatic carbocycles. The predicted octanol–water partition coefficient (Wildman–Crippen LogP) is 3.27. The summed E-state index contributed by atoms with van der Waals surface area (Å²) in [6.45, 7) is 7.31. The normalized spacial score (nSPS) is 13.4. The van der Waals surface area contributed by atoms with E-state index in [0.29, 0.717) is 28.2 Å². The first-order valence-corrected chi connectivity index (χ1v) is 11.9. The van der Waals surface area contributed by atoms with Gasteiger partial charge in [0.2, 0.25) is 6.79 Å². The number of sulfone groups is 1. The molecule has 0 radical (unpaired) electrons. The van der Waals surface area contributed by atoms with Gasteiger partial charge in [0.25, 0.3) is 5.56 Å². The highest BCUT2D eigenvalue weighted by Crippen LogP contribution is 2.40. The van der Waals surface area contributed by atoms with Crippen LogP contribution in [0.1, 0.15) is 42.3 Å². The third-order valence-corrected chi connectivity index (χ3v) is 6.56. The van der Waals surface area contributed by atoms with Crippen LogP contribution in [0.3, 0.4) is 0 Å². The average molecular weight is 457 g/mol. The number of nitrogens with one attached hydrogen (secondary N) is 1. The number of ketones is 1. The van der Waals surface area contributed by atoms with Gasteiger partial charge >= 0.3 is 0 Å². The SMILES string of the molecule is Cc1c(C(=O)c2c[nH]n(C(C)(C)C)c2=O)ccc(S(C)(=O)=O)c1-c1ccc2c(c1)OCO2. The van der Waals surface area contributed by atoms with E-state index in [1.54, 1.807) is 25.1 Å². The Kier molecular flexibility index (Phi) is 5.04. The Bertz CT molecular complexity index is 1410. The van der Waals surface area contributed by atoms with Crippen molar-refractivity contribution in [2.45, 2.75) is 38.1 Å². The first-order valence-electron chi connectivity index (χ1n) is 9.99. The van der Waals surface area contributed by atoms with Gasteiger partial charge in [-0.25, -0.2) is 13.1 Å². The second kappa shape index (κ2) is 7.37. The van der Waals surface area contributed by atoms with Gasteiger partial charge in [0, 0.05) is 23.6 Å². The minimum atomic E-state index is -3.60. The Hall–Kier alpha value is -3.33. The first kappa shape index (κ1) is 21.9. The maximum atomic E-state index is 13.3. The Morgan fingerprint density at radius 2 is 1.75 bits per heavy atom. The smallest absolute Gasteiger partial charge is 0.278 e. The number of hydrogen-bond donors (Lipinski definition) is 1. The molecule has 1 N–H and O–H groups in total. The zero-order valence-electron chi connectivity index (χ0n) is 18.5. The summed E-state index contributed by atoms with van der Waals surface area (Å²) < 4.78 is 37.2. The molecule has 0 atom stereocenters. The van der Waals surface area contributed by atoms with Gasteiger partial charge in [-0.15, -0.1) is 0 Å². The molecule has 4 rings (SSSR count). The van der Waals surface area contributed by atoms with E-state index in [-0.39, 0.29) is 22.8 Å². The highest BCUT2D eigenvalue weighted by Gasteiger charge is 2.27. The molecule has 0 fully saturated rings. The van der Waals surface area contributed by atoms with Gasteiger partial charge in [-0.05, 0) is 63.1 Å². The highest BCUT2D eigenvalue weighted by molar-refractivity contribution is 7.90. The van der Waals surface area contributed by atoms with E-state index in [1.165, 1.54) is 23.0 Å². The van der Waals surface area contributed by atoms with E-state index in [1.807, 2.05) is 20.8 Å². The zero-order chi connectivity index (χ0) is 23.4. The van der Waals surface area contributed by atoms with Gasteiger partial charge in [-0.1, -0.05) is 6.07 Å². The van der Waals surface area contributed by atoms with Crippen molar-refractivity contribution in [3.63, 3.8) is 0 Å². The number of carbonyl (C=O) groups excluding carboxylic acids is 1. The molecule has 3 aromatic rings. The van der Waals surface area contributed by atoms with Crippen molar-refractivity contribution in [1.82, 2.24) is 9.78 Å². The molecule has 0 saturated carbocycles. The molecule has 168 valence electrons. The summed E-state index contributed by atoms with van der Waals surface area (Å²) in [4.78, 5) is 26.3. The lowest BCUT2D eigenvalue weighted by atomic mass is 9.92. The Morgan fingerprint density at radius 3 is 2.38 bits per heavy atom. The molecule has 0 unspecified atom stereocenters. The van der Waals surface area contributed by atoms with E-state index < -0.39 is 26.7 Å². The molecule has 1 aliphatic rings. The molecule has 1 aliphatic heterocycles. The maximum Gasteiger partial charge on any atom is 0.278 e. The number of aromatic amines is 1. The summed E-state index contributed by atoms with van der Waals surface area (Å²) in [5.74, 6) is 0.583. The fourth-order valence-corrected chi connectivity index (χ4v) is 4.79. The van der Waals surface area contributed by atoms with Gasteiger partial charge in [-0.3, -0.25) is 9.59 Å². The third kappa shape index (κ3) is 3.62. The number of carbonyl (C=O) groups is 1. The first-order chi connectivity index (χ1) is 14.9. The number of H-pyrrole nitrogens is 1. The van der Waals surface area contributed by atoms with Crippen molar-refractivity contribution < 1.29 is 22.7 Å². The van der Waals surface area contributed by atoms with Gasteiger partial charge < -0.3 is 14.6 Å². The second-order valence-electron chi connectivity index (χ2n) is 8.78. The van der Waals surface area contributed by atoms with Gasteiger partial charge in [0.05, 0.1) is 10.4 Å². The van der Waals surface area contributed by atoms with Crippen LogP contribution in [-0.4, -0.2) is 37.0 Å². The topological polar surface area (TPSA) is 107 Å². The van der Waals surface area contributed by atoms with E-state index in [4.69, 9.17) is 9.47 Å². The maximum absolute atomic E-state index is 13.3.